The Balaban J connectivity index is 1.53. The van der Waals surface area contributed by atoms with Gasteiger partial charge in [0.15, 0.2) is 5.65 Å². The van der Waals surface area contributed by atoms with Crippen molar-refractivity contribution in [1.29, 1.82) is 0 Å². The van der Waals surface area contributed by atoms with Crippen LogP contribution in [-0.4, -0.2) is 49.9 Å². The lowest BCUT2D eigenvalue weighted by Gasteiger charge is -2.23. The zero-order valence-electron chi connectivity index (χ0n) is 15.8. The van der Waals surface area contributed by atoms with Crippen LogP contribution in [0.5, 0.6) is 0 Å². The summed E-state index contributed by atoms with van der Waals surface area (Å²) in [6.07, 6.45) is 1.56. The van der Waals surface area contributed by atoms with Gasteiger partial charge in [0.05, 0.1) is 12.6 Å². The molecule has 0 radical (unpaired) electrons. The number of nitrogens with zero attached hydrogens (tertiary/aromatic N) is 4. The van der Waals surface area contributed by atoms with Crippen LogP contribution >= 0.6 is 34.8 Å². The molecule has 1 fully saturated rings. The Morgan fingerprint density at radius 1 is 1.17 bits per heavy atom. The monoisotopic (exact) mass is 451 g/mol. The van der Waals surface area contributed by atoms with Crippen LogP contribution in [0.1, 0.15) is 24.7 Å². The van der Waals surface area contributed by atoms with Crippen LogP contribution in [0.3, 0.4) is 0 Å². The van der Waals surface area contributed by atoms with Crippen molar-refractivity contribution < 1.29 is 4.79 Å². The third kappa shape index (κ3) is 4.29. The molecule has 2 aromatic heterocycles. The van der Waals surface area contributed by atoms with E-state index in [4.69, 9.17) is 34.8 Å². The molecule has 2 amide bonds. The molecule has 4 rings (SSSR count). The summed E-state index contributed by atoms with van der Waals surface area (Å²) in [4.78, 5) is 28.7. The lowest BCUT2D eigenvalue weighted by molar-refractivity contribution is 0.184. The summed E-state index contributed by atoms with van der Waals surface area (Å²) in [7, 11) is 0. The Hall–Kier alpha value is -2.02. The van der Waals surface area contributed by atoms with Gasteiger partial charge in [-0.15, -0.1) is 0 Å². The molecule has 0 aliphatic carbocycles. The number of imidazole rings is 1. The molecule has 152 valence electrons. The third-order valence-electron chi connectivity index (χ3n) is 5.02. The van der Waals surface area contributed by atoms with E-state index in [0.717, 1.165) is 17.5 Å². The van der Waals surface area contributed by atoms with Gasteiger partial charge in [-0.1, -0.05) is 47.8 Å². The van der Waals surface area contributed by atoms with E-state index in [1.54, 1.807) is 12.1 Å². The van der Waals surface area contributed by atoms with Crippen molar-refractivity contribution in [2.45, 2.75) is 32.4 Å². The predicted octanol–water partition coefficient (Wildman–Crippen LogP) is 5.18. The van der Waals surface area contributed by atoms with Crippen LogP contribution in [-0.2, 0) is 13.0 Å². The molecule has 1 N–H and O–H groups in total. The molecule has 1 aliphatic rings. The van der Waals surface area contributed by atoms with E-state index < -0.39 is 0 Å². The summed E-state index contributed by atoms with van der Waals surface area (Å²) >= 11 is 18.3. The number of urea groups is 1. The van der Waals surface area contributed by atoms with E-state index in [1.165, 1.54) is 0 Å². The van der Waals surface area contributed by atoms with Crippen LogP contribution in [0.4, 0.5) is 4.79 Å². The second-order valence-corrected chi connectivity index (χ2v) is 8.37. The summed E-state index contributed by atoms with van der Waals surface area (Å²) in [5.74, 6) is 0.685. The number of rotatable bonds is 6. The van der Waals surface area contributed by atoms with Crippen LogP contribution in [0.15, 0.2) is 30.3 Å². The Morgan fingerprint density at radius 3 is 2.76 bits per heavy atom. The number of aromatic nitrogens is 3. The lowest BCUT2D eigenvalue weighted by Crippen LogP contribution is -2.36. The van der Waals surface area contributed by atoms with Crippen molar-refractivity contribution in [3.63, 3.8) is 0 Å². The molecule has 1 aromatic carbocycles. The molecular weight excluding hydrogens is 433 g/mol. The summed E-state index contributed by atoms with van der Waals surface area (Å²) in [5, 5.41) is 1.63. The number of pyridine rings is 1. The van der Waals surface area contributed by atoms with Crippen molar-refractivity contribution in [3.05, 3.63) is 56.9 Å². The first-order valence-electron chi connectivity index (χ1n) is 9.45. The quantitative estimate of drug-likeness (QED) is 0.524. The molecule has 3 heterocycles. The van der Waals surface area contributed by atoms with Crippen LogP contribution < -0.4 is 0 Å². The van der Waals surface area contributed by atoms with Crippen LogP contribution in [0.2, 0.25) is 15.2 Å². The average Bonchev–Trinajstić information content (AvgIpc) is 3.19. The molecular formula is C20H20Cl3N5O. The van der Waals surface area contributed by atoms with Crippen LogP contribution in [0, 0.1) is 0 Å². The largest absolute Gasteiger partial charge is 0.325 e. The van der Waals surface area contributed by atoms with Gasteiger partial charge in [-0.05, 0) is 42.7 Å². The summed E-state index contributed by atoms with van der Waals surface area (Å²) in [5.41, 5.74) is 2.33. The number of carbonyl (C=O) groups is 1. The lowest BCUT2D eigenvalue weighted by atomic mass is 10.1. The van der Waals surface area contributed by atoms with Gasteiger partial charge in [-0.25, -0.2) is 14.8 Å². The maximum absolute atomic E-state index is 13.0. The molecule has 0 spiro atoms. The third-order valence-corrected chi connectivity index (χ3v) is 5.82. The van der Waals surface area contributed by atoms with E-state index >= 15 is 0 Å². The fourth-order valence-electron chi connectivity index (χ4n) is 3.71. The van der Waals surface area contributed by atoms with E-state index in [2.05, 4.69) is 21.9 Å². The Labute approximate surface area is 183 Å². The smallest absolute Gasteiger partial charge is 0.320 e. The first kappa shape index (κ1) is 20.3. The van der Waals surface area contributed by atoms with E-state index in [0.29, 0.717) is 52.7 Å². The highest BCUT2D eigenvalue weighted by atomic mass is 35.5. The van der Waals surface area contributed by atoms with Gasteiger partial charge in [0.2, 0.25) is 0 Å². The fraction of sp³-hybridized carbons (Fsp3) is 0.350. The normalized spacial score (nSPS) is 17.0. The number of halogens is 3. The Bertz CT molecular complexity index is 1050. The van der Waals surface area contributed by atoms with Gasteiger partial charge in [0.25, 0.3) is 0 Å². The summed E-state index contributed by atoms with van der Waals surface area (Å²) in [6.45, 7) is 3.75. The molecule has 1 saturated heterocycles. The highest BCUT2D eigenvalue weighted by Crippen LogP contribution is 2.27. The molecule has 1 aliphatic heterocycles. The summed E-state index contributed by atoms with van der Waals surface area (Å²) < 4.78 is 0. The molecule has 3 aromatic rings. The van der Waals surface area contributed by atoms with Crippen molar-refractivity contribution in [2.75, 3.05) is 13.1 Å². The minimum atomic E-state index is 0.00776. The summed E-state index contributed by atoms with van der Waals surface area (Å²) in [6, 6.07) is 9.05. The number of hydrogen-bond donors (Lipinski definition) is 1. The van der Waals surface area contributed by atoms with Gasteiger partial charge in [-0.2, -0.15) is 0 Å². The zero-order valence-corrected chi connectivity index (χ0v) is 18.1. The van der Waals surface area contributed by atoms with Crippen molar-refractivity contribution in [1.82, 2.24) is 24.8 Å². The SMILES string of the molecule is CCCN1C(=O)N(Cc2nc3ccc(Cl)nc3[nH]2)CC1Cc1ccc(Cl)cc1Cl. The van der Waals surface area contributed by atoms with E-state index in [1.807, 2.05) is 28.0 Å². The minimum absolute atomic E-state index is 0.00776. The number of hydrogen-bond acceptors (Lipinski definition) is 3. The second-order valence-electron chi connectivity index (χ2n) is 7.14. The van der Waals surface area contributed by atoms with E-state index in [9.17, 15) is 4.79 Å². The molecule has 0 bridgehead atoms. The van der Waals surface area contributed by atoms with E-state index in [-0.39, 0.29) is 12.1 Å². The molecule has 29 heavy (non-hydrogen) atoms. The van der Waals surface area contributed by atoms with Gasteiger partial charge >= 0.3 is 6.03 Å². The second kappa shape index (κ2) is 8.38. The maximum atomic E-state index is 13.0. The maximum Gasteiger partial charge on any atom is 0.320 e. The molecule has 1 unspecified atom stereocenters. The van der Waals surface area contributed by atoms with Crippen LogP contribution in [0.25, 0.3) is 11.2 Å². The number of benzene rings is 1. The number of nitrogens with one attached hydrogen (secondary N) is 1. The van der Waals surface area contributed by atoms with Gasteiger partial charge < -0.3 is 14.8 Å². The van der Waals surface area contributed by atoms with Gasteiger partial charge in [0.1, 0.15) is 16.5 Å². The number of H-pyrrole nitrogens is 1. The standard InChI is InChI=1S/C20H20Cl3N5O/c1-2-7-28-14(8-12-3-4-13(21)9-15(12)22)10-27(20(28)29)11-18-24-16-5-6-17(23)25-19(16)26-18/h3-6,9,14H,2,7-8,10-11H2,1H3,(H,24,25,26). The number of aromatic amines is 1. The van der Waals surface area contributed by atoms with Crippen molar-refractivity contribution >= 4 is 52.0 Å². The highest BCUT2D eigenvalue weighted by molar-refractivity contribution is 6.35. The molecule has 9 heteroatoms. The topological polar surface area (TPSA) is 65.1 Å². The number of amides is 2. The van der Waals surface area contributed by atoms with Gasteiger partial charge in [-0.3, -0.25) is 0 Å². The first-order chi connectivity index (χ1) is 13.9. The minimum Gasteiger partial charge on any atom is -0.325 e. The Morgan fingerprint density at radius 2 is 2.00 bits per heavy atom. The zero-order chi connectivity index (χ0) is 20.5. The molecule has 6 nitrogen and oxygen atoms in total. The molecule has 1 atom stereocenters. The average molecular weight is 453 g/mol. The number of fused-ring (bicyclic) bond motifs is 1. The highest BCUT2D eigenvalue weighted by Gasteiger charge is 2.37. The predicted molar refractivity (Wildman–Crippen MR) is 116 cm³/mol. The van der Waals surface area contributed by atoms with Gasteiger partial charge in [0, 0.05) is 23.1 Å². The first-order valence-corrected chi connectivity index (χ1v) is 10.6. The number of carbonyl (C=O) groups excluding carboxylic acids is 1. The Kier molecular flexibility index (Phi) is 5.86. The molecule has 0 saturated carbocycles. The van der Waals surface area contributed by atoms with Crippen molar-refractivity contribution in [2.24, 2.45) is 0 Å². The van der Waals surface area contributed by atoms with Crippen molar-refractivity contribution in [3.8, 4) is 0 Å². The fourth-order valence-corrected chi connectivity index (χ4v) is 4.35.